The van der Waals surface area contributed by atoms with Gasteiger partial charge >= 0.3 is 0 Å². The van der Waals surface area contributed by atoms with Crippen molar-refractivity contribution in [3.63, 3.8) is 0 Å². The molecular weight excluding hydrogens is 306 g/mol. The Morgan fingerprint density at radius 3 is 2.08 bits per heavy atom. The Bertz CT molecular complexity index is 600. The summed E-state index contributed by atoms with van der Waals surface area (Å²) >= 11 is 0. The molecule has 0 aromatic heterocycles. The Kier molecular flexibility index (Phi) is 5.93. The molecular formula is C23H31NO. The molecule has 3 rings (SSSR count). The molecule has 0 amide bonds. The highest BCUT2D eigenvalue weighted by molar-refractivity contribution is 5.35. The van der Waals surface area contributed by atoms with Gasteiger partial charge in [-0.05, 0) is 55.3 Å². The highest BCUT2D eigenvalue weighted by Crippen LogP contribution is 2.37. The van der Waals surface area contributed by atoms with Gasteiger partial charge in [0, 0.05) is 6.54 Å². The number of aliphatic hydroxyl groups is 1. The molecule has 0 bridgehead atoms. The van der Waals surface area contributed by atoms with Crippen LogP contribution in [-0.4, -0.2) is 29.6 Å². The zero-order chi connectivity index (χ0) is 17.7. The molecule has 25 heavy (non-hydrogen) atoms. The van der Waals surface area contributed by atoms with Gasteiger partial charge in [-0.15, -0.1) is 0 Å². The minimum atomic E-state index is -0.906. The summed E-state index contributed by atoms with van der Waals surface area (Å²) in [6.45, 7) is 8.14. The third-order valence-electron chi connectivity index (χ3n) is 6.02. The molecule has 1 aliphatic rings. The maximum absolute atomic E-state index is 11.7. The van der Waals surface area contributed by atoms with Gasteiger partial charge < -0.3 is 10.0 Å². The number of benzene rings is 2. The van der Waals surface area contributed by atoms with E-state index in [1.165, 1.54) is 13.0 Å². The van der Waals surface area contributed by atoms with Gasteiger partial charge in [0.15, 0.2) is 0 Å². The summed E-state index contributed by atoms with van der Waals surface area (Å²) < 4.78 is 0. The highest BCUT2D eigenvalue weighted by Gasteiger charge is 2.34. The number of rotatable bonds is 6. The van der Waals surface area contributed by atoms with E-state index in [-0.39, 0.29) is 0 Å². The lowest BCUT2D eigenvalue weighted by Crippen LogP contribution is -2.40. The average molecular weight is 338 g/mol. The van der Waals surface area contributed by atoms with E-state index in [0.29, 0.717) is 5.92 Å². The largest absolute Gasteiger partial charge is 0.380 e. The standard InChI is InChI=1S/C23H31NO/c1-3-24-17-15-19(2)20(18-24)14-16-23(25,21-10-6-4-7-11-21)22-12-8-5-9-13-22/h4-13,19-20,25H,3,14-18H2,1-2H3. The van der Waals surface area contributed by atoms with Crippen molar-refractivity contribution in [2.75, 3.05) is 19.6 Å². The quantitative estimate of drug-likeness (QED) is 0.827. The molecule has 2 aromatic rings. The van der Waals surface area contributed by atoms with Crippen molar-refractivity contribution < 1.29 is 5.11 Å². The van der Waals surface area contributed by atoms with Gasteiger partial charge in [-0.1, -0.05) is 74.5 Å². The van der Waals surface area contributed by atoms with Crippen LogP contribution in [0.1, 0.15) is 44.2 Å². The molecule has 134 valence electrons. The highest BCUT2D eigenvalue weighted by atomic mass is 16.3. The number of hydrogen-bond acceptors (Lipinski definition) is 2. The minimum absolute atomic E-state index is 0.660. The number of hydrogen-bond donors (Lipinski definition) is 1. The van der Waals surface area contributed by atoms with E-state index in [1.54, 1.807) is 0 Å². The fraction of sp³-hybridized carbons (Fsp3) is 0.478. The lowest BCUT2D eigenvalue weighted by Gasteiger charge is -2.38. The molecule has 2 nitrogen and oxygen atoms in total. The predicted octanol–water partition coefficient (Wildman–Crippen LogP) is 4.68. The molecule has 2 unspecified atom stereocenters. The molecule has 1 heterocycles. The van der Waals surface area contributed by atoms with Gasteiger partial charge in [0.25, 0.3) is 0 Å². The molecule has 1 saturated heterocycles. The first-order chi connectivity index (χ1) is 12.1. The first-order valence-corrected chi connectivity index (χ1v) is 9.69. The van der Waals surface area contributed by atoms with Gasteiger partial charge in [0.05, 0.1) is 0 Å². The van der Waals surface area contributed by atoms with E-state index in [4.69, 9.17) is 0 Å². The third-order valence-corrected chi connectivity index (χ3v) is 6.02. The Labute approximate surface area is 152 Å². The van der Waals surface area contributed by atoms with Crippen molar-refractivity contribution in [3.8, 4) is 0 Å². The normalized spacial score (nSPS) is 22.0. The fourth-order valence-corrected chi connectivity index (χ4v) is 4.17. The summed E-state index contributed by atoms with van der Waals surface area (Å²) in [5, 5.41) is 11.7. The maximum atomic E-state index is 11.7. The molecule has 2 aromatic carbocycles. The van der Waals surface area contributed by atoms with E-state index in [0.717, 1.165) is 43.0 Å². The Hall–Kier alpha value is -1.64. The van der Waals surface area contributed by atoms with Crippen LogP contribution in [0.25, 0.3) is 0 Å². The summed E-state index contributed by atoms with van der Waals surface area (Å²) in [4.78, 5) is 2.55. The van der Waals surface area contributed by atoms with Crippen molar-refractivity contribution in [1.82, 2.24) is 4.90 Å². The smallest absolute Gasteiger partial charge is 0.115 e. The zero-order valence-electron chi connectivity index (χ0n) is 15.6. The summed E-state index contributed by atoms with van der Waals surface area (Å²) in [5.41, 5.74) is 1.09. The van der Waals surface area contributed by atoms with Crippen LogP contribution in [0.4, 0.5) is 0 Å². The van der Waals surface area contributed by atoms with Crippen LogP contribution >= 0.6 is 0 Å². The molecule has 0 aliphatic carbocycles. The number of piperidine rings is 1. The first-order valence-electron chi connectivity index (χ1n) is 9.69. The van der Waals surface area contributed by atoms with Crippen LogP contribution in [0.15, 0.2) is 60.7 Å². The minimum Gasteiger partial charge on any atom is -0.380 e. The van der Waals surface area contributed by atoms with Gasteiger partial charge in [-0.2, -0.15) is 0 Å². The van der Waals surface area contributed by atoms with Crippen LogP contribution in [0.2, 0.25) is 0 Å². The van der Waals surface area contributed by atoms with Crippen molar-refractivity contribution in [2.24, 2.45) is 11.8 Å². The third kappa shape index (κ3) is 4.13. The van der Waals surface area contributed by atoms with E-state index in [1.807, 2.05) is 36.4 Å². The molecule has 0 saturated carbocycles. The molecule has 0 radical (unpaired) electrons. The SMILES string of the molecule is CCN1CCC(C)C(CCC(O)(c2ccccc2)c2ccccc2)C1. The number of nitrogens with zero attached hydrogens (tertiary/aromatic N) is 1. The molecule has 0 spiro atoms. The van der Waals surface area contributed by atoms with Crippen LogP contribution < -0.4 is 0 Å². The van der Waals surface area contributed by atoms with Gasteiger partial charge in [-0.25, -0.2) is 0 Å². The first kappa shape index (κ1) is 18.2. The van der Waals surface area contributed by atoms with E-state index >= 15 is 0 Å². The Morgan fingerprint density at radius 1 is 1.00 bits per heavy atom. The van der Waals surface area contributed by atoms with Crippen LogP contribution in [0.5, 0.6) is 0 Å². The lowest BCUT2D eigenvalue weighted by atomic mass is 9.77. The second-order valence-corrected chi connectivity index (χ2v) is 7.55. The van der Waals surface area contributed by atoms with Crippen molar-refractivity contribution in [1.29, 1.82) is 0 Å². The molecule has 2 heteroatoms. The second kappa shape index (κ2) is 8.16. The van der Waals surface area contributed by atoms with Gasteiger partial charge in [0.1, 0.15) is 5.60 Å². The van der Waals surface area contributed by atoms with Gasteiger partial charge in [0.2, 0.25) is 0 Å². The summed E-state index contributed by atoms with van der Waals surface area (Å²) in [7, 11) is 0. The predicted molar refractivity (Wildman–Crippen MR) is 105 cm³/mol. The maximum Gasteiger partial charge on any atom is 0.115 e. The van der Waals surface area contributed by atoms with E-state index in [9.17, 15) is 5.11 Å². The molecule has 1 fully saturated rings. The number of likely N-dealkylation sites (tertiary alicyclic amines) is 1. The van der Waals surface area contributed by atoms with Crippen LogP contribution in [-0.2, 0) is 5.60 Å². The monoisotopic (exact) mass is 337 g/mol. The molecule has 1 aliphatic heterocycles. The average Bonchev–Trinajstić information content (AvgIpc) is 2.68. The van der Waals surface area contributed by atoms with Crippen molar-refractivity contribution in [3.05, 3.63) is 71.8 Å². The van der Waals surface area contributed by atoms with Crippen molar-refractivity contribution in [2.45, 2.75) is 38.7 Å². The summed E-state index contributed by atoms with van der Waals surface area (Å²) in [6.07, 6.45) is 3.10. The Balaban J connectivity index is 1.81. The van der Waals surface area contributed by atoms with E-state index < -0.39 is 5.60 Å². The van der Waals surface area contributed by atoms with E-state index in [2.05, 4.69) is 43.0 Å². The van der Waals surface area contributed by atoms with Crippen LogP contribution in [0.3, 0.4) is 0 Å². The Morgan fingerprint density at radius 2 is 1.56 bits per heavy atom. The summed E-state index contributed by atoms with van der Waals surface area (Å²) in [5.74, 6) is 1.39. The zero-order valence-corrected chi connectivity index (χ0v) is 15.6. The van der Waals surface area contributed by atoms with Crippen molar-refractivity contribution >= 4 is 0 Å². The fourth-order valence-electron chi connectivity index (χ4n) is 4.17. The van der Waals surface area contributed by atoms with Gasteiger partial charge in [-0.3, -0.25) is 0 Å². The topological polar surface area (TPSA) is 23.5 Å². The summed E-state index contributed by atoms with van der Waals surface area (Å²) in [6, 6.07) is 20.3. The lowest BCUT2D eigenvalue weighted by molar-refractivity contribution is 0.0476. The second-order valence-electron chi connectivity index (χ2n) is 7.55. The molecule has 2 atom stereocenters. The van der Waals surface area contributed by atoms with Crippen LogP contribution in [0, 0.1) is 11.8 Å². The molecule has 1 N–H and O–H groups in total.